The highest BCUT2D eigenvalue weighted by molar-refractivity contribution is 5.94. The van der Waals surface area contributed by atoms with Crippen LogP contribution in [0.25, 0.3) is 0 Å². The van der Waals surface area contributed by atoms with Crippen LogP contribution < -0.4 is 4.74 Å². The third-order valence-electron chi connectivity index (χ3n) is 4.49. The van der Waals surface area contributed by atoms with Gasteiger partial charge in [0.25, 0.3) is 5.91 Å². The van der Waals surface area contributed by atoms with E-state index in [0.29, 0.717) is 42.5 Å². The summed E-state index contributed by atoms with van der Waals surface area (Å²) in [5, 5.41) is 0. The van der Waals surface area contributed by atoms with Gasteiger partial charge >= 0.3 is 0 Å². The minimum Gasteiger partial charge on any atom is -0.489 e. The van der Waals surface area contributed by atoms with E-state index < -0.39 is 0 Å². The van der Waals surface area contributed by atoms with E-state index in [1.807, 2.05) is 66.7 Å². The quantitative estimate of drug-likeness (QED) is 0.412. The summed E-state index contributed by atoms with van der Waals surface area (Å²) in [6.45, 7) is 1.20. The number of hydrogen-bond donors (Lipinski definition) is 0. The molecule has 0 saturated carbocycles. The van der Waals surface area contributed by atoms with Crippen molar-refractivity contribution in [3.05, 3.63) is 114 Å². The number of hydrogen-bond acceptors (Lipinski definition) is 4. The molecule has 2 aromatic heterocycles. The topological polar surface area (TPSA) is 55.8 Å². The summed E-state index contributed by atoms with van der Waals surface area (Å²) in [6, 6.07) is 24.5. The van der Waals surface area contributed by atoms with Gasteiger partial charge in [0.1, 0.15) is 23.9 Å². The lowest BCUT2D eigenvalue weighted by molar-refractivity contribution is 0.0705. The Morgan fingerprint density at radius 1 is 0.759 bits per heavy atom. The van der Waals surface area contributed by atoms with Crippen molar-refractivity contribution in [1.82, 2.24) is 4.90 Å². The van der Waals surface area contributed by atoms with Gasteiger partial charge in [-0.05, 0) is 54.1 Å². The minimum absolute atomic E-state index is 0.104. The Bertz CT molecular complexity index is 970. The molecule has 29 heavy (non-hydrogen) atoms. The first kappa shape index (κ1) is 18.6. The second-order valence-corrected chi connectivity index (χ2v) is 6.62. The minimum atomic E-state index is -0.104. The van der Waals surface area contributed by atoms with E-state index in [1.54, 1.807) is 29.6 Å². The number of benzene rings is 2. The fourth-order valence-corrected chi connectivity index (χ4v) is 3.00. The smallest absolute Gasteiger partial charge is 0.254 e. The highest BCUT2D eigenvalue weighted by Crippen LogP contribution is 2.18. The Kier molecular flexibility index (Phi) is 5.76. The summed E-state index contributed by atoms with van der Waals surface area (Å²) >= 11 is 0. The molecule has 0 spiro atoms. The Hall–Kier alpha value is -3.73. The Morgan fingerprint density at radius 3 is 1.93 bits per heavy atom. The molecule has 4 rings (SSSR count). The maximum absolute atomic E-state index is 13.1. The molecule has 0 aliphatic carbocycles. The summed E-state index contributed by atoms with van der Waals surface area (Å²) in [5.74, 6) is 2.04. The third-order valence-corrected chi connectivity index (χ3v) is 4.49. The van der Waals surface area contributed by atoms with Gasteiger partial charge in [-0.2, -0.15) is 0 Å². The molecule has 1 amide bonds. The second kappa shape index (κ2) is 8.97. The predicted octanol–water partition coefficient (Wildman–Crippen LogP) is 5.29. The van der Waals surface area contributed by atoms with Crippen molar-refractivity contribution in [2.45, 2.75) is 19.7 Å². The molecule has 0 unspecified atom stereocenters. The number of carbonyl (C=O) groups is 1. The standard InChI is InChI=1S/C24H21NO4/c26-24(25(16-22-8-4-14-27-22)17-23-9-5-15-28-23)20-10-12-21(13-11-20)29-18-19-6-2-1-3-7-19/h1-15H,16-18H2. The largest absolute Gasteiger partial charge is 0.489 e. The van der Waals surface area contributed by atoms with Gasteiger partial charge in [0.05, 0.1) is 25.6 Å². The Balaban J connectivity index is 1.44. The normalized spacial score (nSPS) is 10.6. The lowest BCUT2D eigenvalue weighted by Crippen LogP contribution is -2.29. The molecule has 2 aromatic carbocycles. The molecule has 4 aromatic rings. The first-order valence-corrected chi connectivity index (χ1v) is 9.39. The van der Waals surface area contributed by atoms with Crippen molar-refractivity contribution < 1.29 is 18.4 Å². The molecule has 0 fully saturated rings. The number of carbonyl (C=O) groups excluding carboxylic acids is 1. The van der Waals surface area contributed by atoms with Gasteiger partial charge in [-0.1, -0.05) is 30.3 Å². The maximum atomic E-state index is 13.1. The third kappa shape index (κ3) is 4.96. The fraction of sp³-hybridized carbons (Fsp3) is 0.125. The SMILES string of the molecule is O=C(c1ccc(OCc2ccccc2)cc1)N(Cc1ccco1)Cc1ccco1. The Labute approximate surface area is 169 Å². The highest BCUT2D eigenvalue weighted by atomic mass is 16.5. The molecule has 2 heterocycles. The Morgan fingerprint density at radius 2 is 1.38 bits per heavy atom. The first-order valence-electron chi connectivity index (χ1n) is 9.39. The van der Waals surface area contributed by atoms with Crippen LogP contribution in [0.1, 0.15) is 27.4 Å². The van der Waals surface area contributed by atoms with Crippen molar-refractivity contribution >= 4 is 5.91 Å². The number of ether oxygens (including phenoxy) is 1. The number of nitrogens with zero attached hydrogens (tertiary/aromatic N) is 1. The summed E-state index contributed by atoms with van der Waals surface area (Å²) in [7, 11) is 0. The van der Waals surface area contributed by atoms with Crippen molar-refractivity contribution in [2.24, 2.45) is 0 Å². The van der Waals surface area contributed by atoms with Crippen LogP contribution in [-0.2, 0) is 19.7 Å². The molecule has 146 valence electrons. The average Bonchev–Trinajstić information content (AvgIpc) is 3.47. The van der Waals surface area contributed by atoms with E-state index in [-0.39, 0.29) is 5.91 Å². The summed E-state index contributed by atoms with van der Waals surface area (Å²) in [6.07, 6.45) is 3.20. The van der Waals surface area contributed by atoms with E-state index >= 15 is 0 Å². The molecule has 0 radical (unpaired) electrons. The zero-order valence-electron chi connectivity index (χ0n) is 15.9. The second-order valence-electron chi connectivity index (χ2n) is 6.62. The molecular formula is C24H21NO4. The van der Waals surface area contributed by atoms with E-state index in [0.717, 1.165) is 5.56 Å². The summed E-state index contributed by atoms with van der Waals surface area (Å²) in [5.41, 5.74) is 1.67. The highest BCUT2D eigenvalue weighted by Gasteiger charge is 2.19. The molecule has 5 nitrogen and oxygen atoms in total. The van der Waals surface area contributed by atoms with Crippen molar-refractivity contribution in [3.8, 4) is 5.75 Å². The van der Waals surface area contributed by atoms with Crippen LogP contribution in [-0.4, -0.2) is 10.8 Å². The molecule has 0 aliphatic rings. The number of furan rings is 2. The van der Waals surface area contributed by atoms with E-state index in [9.17, 15) is 4.79 Å². The molecular weight excluding hydrogens is 366 g/mol. The summed E-state index contributed by atoms with van der Waals surface area (Å²) in [4.78, 5) is 14.8. The van der Waals surface area contributed by atoms with Crippen LogP contribution in [0.2, 0.25) is 0 Å². The molecule has 5 heteroatoms. The van der Waals surface area contributed by atoms with E-state index in [4.69, 9.17) is 13.6 Å². The number of rotatable bonds is 8. The van der Waals surface area contributed by atoms with Gasteiger partial charge in [0.2, 0.25) is 0 Å². The van der Waals surface area contributed by atoms with Gasteiger partial charge in [0, 0.05) is 5.56 Å². The fourth-order valence-electron chi connectivity index (χ4n) is 3.00. The predicted molar refractivity (Wildman–Crippen MR) is 108 cm³/mol. The number of amides is 1. The van der Waals surface area contributed by atoms with Crippen molar-refractivity contribution in [2.75, 3.05) is 0 Å². The van der Waals surface area contributed by atoms with Gasteiger partial charge in [-0.25, -0.2) is 0 Å². The molecule has 0 aliphatic heterocycles. The van der Waals surface area contributed by atoms with Crippen molar-refractivity contribution in [3.63, 3.8) is 0 Å². The van der Waals surface area contributed by atoms with Crippen LogP contribution >= 0.6 is 0 Å². The average molecular weight is 387 g/mol. The van der Waals surface area contributed by atoms with Gasteiger partial charge in [-0.3, -0.25) is 4.79 Å². The van der Waals surface area contributed by atoms with Gasteiger partial charge in [0.15, 0.2) is 0 Å². The van der Waals surface area contributed by atoms with Crippen LogP contribution in [0.5, 0.6) is 5.75 Å². The summed E-state index contributed by atoms with van der Waals surface area (Å²) < 4.78 is 16.6. The van der Waals surface area contributed by atoms with Crippen LogP contribution in [0, 0.1) is 0 Å². The molecule has 0 bridgehead atoms. The lowest BCUT2D eigenvalue weighted by atomic mass is 10.1. The van der Waals surface area contributed by atoms with Gasteiger partial charge < -0.3 is 18.5 Å². The van der Waals surface area contributed by atoms with Crippen LogP contribution in [0.4, 0.5) is 0 Å². The first-order chi connectivity index (χ1) is 14.3. The monoisotopic (exact) mass is 387 g/mol. The van der Waals surface area contributed by atoms with Gasteiger partial charge in [-0.15, -0.1) is 0 Å². The zero-order chi connectivity index (χ0) is 19.9. The lowest BCUT2D eigenvalue weighted by Gasteiger charge is -2.21. The molecule has 0 saturated heterocycles. The molecule has 0 atom stereocenters. The molecule has 0 N–H and O–H groups in total. The maximum Gasteiger partial charge on any atom is 0.254 e. The van der Waals surface area contributed by atoms with E-state index in [2.05, 4.69) is 0 Å². The zero-order valence-corrected chi connectivity index (χ0v) is 15.9. The van der Waals surface area contributed by atoms with E-state index in [1.165, 1.54) is 0 Å². The van der Waals surface area contributed by atoms with Crippen LogP contribution in [0.15, 0.2) is 100 Å². The van der Waals surface area contributed by atoms with Crippen molar-refractivity contribution in [1.29, 1.82) is 0 Å². The van der Waals surface area contributed by atoms with Crippen LogP contribution in [0.3, 0.4) is 0 Å².